The molecule has 22 heavy (non-hydrogen) atoms. The monoisotopic (exact) mass is 323 g/mol. The molecule has 0 aliphatic rings. The van der Waals surface area contributed by atoms with Crippen molar-refractivity contribution in [3.8, 4) is 5.75 Å². The molecule has 1 aromatic carbocycles. The summed E-state index contributed by atoms with van der Waals surface area (Å²) in [5.41, 5.74) is -1.54. The van der Waals surface area contributed by atoms with Crippen LogP contribution < -0.4 is 4.74 Å². The third-order valence-corrected chi connectivity index (χ3v) is 4.24. The van der Waals surface area contributed by atoms with Gasteiger partial charge in [0.1, 0.15) is 24.0 Å². The Labute approximate surface area is 135 Å². The number of hydrogen-bond acceptors (Lipinski definition) is 4. The van der Waals surface area contributed by atoms with Crippen LogP contribution in [0.25, 0.3) is 0 Å². The van der Waals surface area contributed by atoms with E-state index in [9.17, 15) is 5.11 Å². The van der Waals surface area contributed by atoms with E-state index >= 15 is 0 Å². The molecule has 0 aliphatic carbocycles. The van der Waals surface area contributed by atoms with E-state index in [1.807, 2.05) is 27.7 Å². The van der Waals surface area contributed by atoms with Gasteiger partial charge in [0.15, 0.2) is 0 Å². The highest BCUT2D eigenvalue weighted by Gasteiger charge is 2.48. The first-order valence-corrected chi connectivity index (χ1v) is 7.64. The second-order valence-corrected chi connectivity index (χ2v) is 6.76. The van der Waals surface area contributed by atoms with Crippen LogP contribution in [0, 0.1) is 5.41 Å². The van der Waals surface area contributed by atoms with E-state index < -0.39 is 17.2 Å². The van der Waals surface area contributed by atoms with Crippen LogP contribution in [0.1, 0.15) is 40.3 Å². The molecule has 0 saturated heterocycles. The Morgan fingerprint density at radius 2 is 1.91 bits per heavy atom. The zero-order chi connectivity index (χ0) is 16.4. The Hall–Kier alpha value is -1.59. The average molecular weight is 324 g/mol. The number of ether oxygens (including phenoxy) is 1. The van der Waals surface area contributed by atoms with Crippen molar-refractivity contribution in [3.05, 3.63) is 41.9 Å². The predicted molar refractivity (Wildman–Crippen MR) is 85.8 cm³/mol. The maximum absolute atomic E-state index is 11.3. The van der Waals surface area contributed by atoms with E-state index in [1.54, 1.807) is 35.3 Å². The molecule has 6 heteroatoms. The lowest BCUT2D eigenvalue weighted by Crippen LogP contribution is -2.52. The smallest absolute Gasteiger partial charge is 0.221 e. The summed E-state index contributed by atoms with van der Waals surface area (Å²) in [5.74, 6) is 0.612. The molecule has 2 rings (SSSR count). The quantitative estimate of drug-likeness (QED) is 0.911. The number of aliphatic hydroxyl groups is 1. The molecule has 1 aromatic heterocycles. The SMILES string of the molecule is CCC(O)(C(Oc1ccc(Cl)cc1)n1cncn1)C(C)(C)C. The van der Waals surface area contributed by atoms with Gasteiger partial charge in [-0.05, 0) is 36.1 Å². The summed E-state index contributed by atoms with van der Waals surface area (Å²) < 4.78 is 7.59. The third-order valence-electron chi connectivity index (χ3n) is 3.98. The van der Waals surface area contributed by atoms with Gasteiger partial charge in [0.2, 0.25) is 6.23 Å². The fourth-order valence-corrected chi connectivity index (χ4v) is 2.55. The van der Waals surface area contributed by atoms with Gasteiger partial charge in [-0.15, -0.1) is 0 Å². The van der Waals surface area contributed by atoms with Crippen molar-refractivity contribution in [2.75, 3.05) is 0 Å². The lowest BCUT2D eigenvalue weighted by atomic mass is 9.73. The number of aromatic nitrogens is 3. The number of hydrogen-bond donors (Lipinski definition) is 1. The van der Waals surface area contributed by atoms with Crippen molar-refractivity contribution in [3.63, 3.8) is 0 Å². The Morgan fingerprint density at radius 3 is 2.36 bits per heavy atom. The number of rotatable bonds is 5. The average Bonchev–Trinajstić information content (AvgIpc) is 2.98. The van der Waals surface area contributed by atoms with Crippen LogP contribution in [0.2, 0.25) is 5.02 Å². The van der Waals surface area contributed by atoms with Crippen LogP contribution in [0.15, 0.2) is 36.9 Å². The van der Waals surface area contributed by atoms with E-state index in [4.69, 9.17) is 16.3 Å². The lowest BCUT2D eigenvalue weighted by molar-refractivity contribution is -0.167. The van der Waals surface area contributed by atoms with E-state index in [1.165, 1.54) is 6.33 Å². The standard InChI is InChI=1S/C16H22ClN3O2/c1-5-16(21,15(2,3)4)14(20-11-18-10-19-20)22-13-8-6-12(17)7-9-13/h6-11,14,21H,5H2,1-4H3. The Morgan fingerprint density at radius 1 is 1.27 bits per heavy atom. The van der Waals surface area contributed by atoms with Crippen LogP contribution in [0.5, 0.6) is 5.75 Å². The van der Waals surface area contributed by atoms with Crippen LogP contribution in [0.4, 0.5) is 0 Å². The van der Waals surface area contributed by atoms with Gasteiger partial charge in [0.05, 0.1) is 0 Å². The van der Waals surface area contributed by atoms with E-state index in [2.05, 4.69) is 10.1 Å². The summed E-state index contributed by atoms with van der Waals surface area (Å²) in [6.07, 6.45) is 2.79. The molecule has 2 unspecified atom stereocenters. The summed E-state index contributed by atoms with van der Waals surface area (Å²) >= 11 is 5.91. The maximum atomic E-state index is 11.3. The fraction of sp³-hybridized carbons (Fsp3) is 0.500. The molecule has 1 N–H and O–H groups in total. The number of nitrogens with zero attached hydrogens (tertiary/aromatic N) is 3. The summed E-state index contributed by atoms with van der Waals surface area (Å²) in [4.78, 5) is 3.97. The predicted octanol–water partition coefficient (Wildman–Crippen LogP) is 3.70. The van der Waals surface area contributed by atoms with Gasteiger partial charge in [0.25, 0.3) is 0 Å². The van der Waals surface area contributed by atoms with Crippen molar-refractivity contribution in [2.24, 2.45) is 5.41 Å². The first-order chi connectivity index (χ1) is 10.3. The van der Waals surface area contributed by atoms with Crippen LogP contribution in [-0.2, 0) is 0 Å². The number of halogens is 1. The highest BCUT2D eigenvalue weighted by molar-refractivity contribution is 6.30. The zero-order valence-electron chi connectivity index (χ0n) is 13.3. The van der Waals surface area contributed by atoms with E-state index in [0.717, 1.165) is 0 Å². The Bertz CT molecular complexity index is 593. The van der Waals surface area contributed by atoms with Crippen LogP contribution in [-0.4, -0.2) is 25.5 Å². The van der Waals surface area contributed by atoms with E-state index in [0.29, 0.717) is 17.2 Å². The van der Waals surface area contributed by atoms with Crippen LogP contribution >= 0.6 is 11.6 Å². The van der Waals surface area contributed by atoms with Gasteiger partial charge in [0, 0.05) is 5.02 Å². The summed E-state index contributed by atoms with van der Waals surface area (Å²) in [7, 11) is 0. The molecule has 0 amide bonds. The van der Waals surface area contributed by atoms with Gasteiger partial charge in [-0.1, -0.05) is 39.3 Å². The topological polar surface area (TPSA) is 60.2 Å². The minimum atomic E-state index is -1.12. The fourth-order valence-electron chi connectivity index (χ4n) is 2.43. The van der Waals surface area contributed by atoms with Crippen molar-refractivity contribution < 1.29 is 9.84 Å². The van der Waals surface area contributed by atoms with Gasteiger partial charge in [-0.25, -0.2) is 9.67 Å². The molecule has 5 nitrogen and oxygen atoms in total. The minimum Gasteiger partial charge on any atom is -0.466 e. The largest absolute Gasteiger partial charge is 0.466 e. The summed E-state index contributed by atoms with van der Waals surface area (Å²) in [5, 5.41) is 16.0. The van der Waals surface area contributed by atoms with E-state index in [-0.39, 0.29) is 0 Å². The van der Waals surface area contributed by atoms with Crippen molar-refractivity contribution in [1.29, 1.82) is 0 Å². The second kappa shape index (κ2) is 6.26. The molecule has 120 valence electrons. The molecule has 1 heterocycles. The summed E-state index contributed by atoms with van der Waals surface area (Å²) in [6, 6.07) is 7.03. The zero-order valence-corrected chi connectivity index (χ0v) is 14.1. The minimum absolute atomic E-state index is 0.412. The van der Waals surface area contributed by atoms with Crippen molar-refractivity contribution in [1.82, 2.24) is 14.8 Å². The molecular formula is C16H22ClN3O2. The van der Waals surface area contributed by atoms with Gasteiger partial charge in [-0.3, -0.25) is 0 Å². The summed E-state index contributed by atoms with van der Waals surface area (Å²) in [6.45, 7) is 7.86. The van der Waals surface area contributed by atoms with Gasteiger partial charge < -0.3 is 9.84 Å². The normalized spacial score (nSPS) is 16.1. The molecule has 0 spiro atoms. The Balaban J connectivity index is 2.41. The first-order valence-electron chi connectivity index (χ1n) is 7.26. The molecule has 0 fully saturated rings. The Kier molecular flexibility index (Phi) is 4.78. The highest BCUT2D eigenvalue weighted by atomic mass is 35.5. The maximum Gasteiger partial charge on any atom is 0.221 e. The first kappa shape index (κ1) is 16.8. The molecule has 2 aromatic rings. The van der Waals surface area contributed by atoms with Gasteiger partial charge >= 0.3 is 0 Å². The molecule has 0 aliphatic heterocycles. The molecule has 0 saturated carbocycles. The van der Waals surface area contributed by atoms with Crippen molar-refractivity contribution >= 4 is 11.6 Å². The molecule has 0 bridgehead atoms. The van der Waals surface area contributed by atoms with Gasteiger partial charge in [-0.2, -0.15) is 5.10 Å². The van der Waals surface area contributed by atoms with Crippen LogP contribution in [0.3, 0.4) is 0 Å². The second-order valence-electron chi connectivity index (χ2n) is 6.33. The lowest BCUT2D eigenvalue weighted by Gasteiger charge is -2.44. The molecular weight excluding hydrogens is 302 g/mol. The van der Waals surface area contributed by atoms with Crippen molar-refractivity contribution in [2.45, 2.75) is 45.9 Å². The number of benzene rings is 1. The molecule has 0 radical (unpaired) electrons. The third kappa shape index (κ3) is 3.25. The molecule has 2 atom stereocenters. The highest BCUT2D eigenvalue weighted by Crippen LogP contribution is 2.42.